The number of alkyl carbamates (subject to hydrolysis) is 1. The predicted octanol–water partition coefficient (Wildman–Crippen LogP) is 5.95. The Morgan fingerprint density at radius 3 is 2.61 bits per heavy atom. The van der Waals surface area contributed by atoms with Crippen LogP contribution in [0, 0.1) is 0 Å². The van der Waals surface area contributed by atoms with Crippen LogP contribution in [0.5, 0.6) is 0 Å². The van der Waals surface area contributed by atoms with Crippen molar-refractivity contribution in [3.05, 3.63) is 62.6 Å². The average Bonchev–Trinajstić information content (AvgIpc) is 3.24. The number of amides is 1. The summed E-state index contributed by atoms with van der Waals surface area (Å²) in [6.07, 6.45) is -0.432. The predicted molar refractivity (Wildman–Crippen MR) is 153 cm³/mol. The van der Waals surface area contributed by atoms with Crippen LogP contribution in [0.1, 0.15) is 48.9 Å². The maximum atomic E-state index is 11.6. The van der Waals surface area contributed by atoms with Crippen LogP contribution in [0.2, 0.25) is 10.0 Å². The number of halogens is 2. The zero-order valence-corrected chi connectivity index (χ0v) is 24.8. The van der Waals surface area contributed by atoms with Gasteiger partial charge < -0.3 is 24.4 Å². The smallest absolute Gasteiger partial charge is 0.407 e. The summed E-state index contributed by atoms with van der Waals surface area (Å²) in [6, 6.07) is 10.7. The van der Waals surface area contributed by atoms with E-state index in [0.29, 0.717) is 38.0 Å². The summed E-state index contributed by atoms with van der Waals surface area (Å²) in [6.45, 7) is 11.5. The number of carbonyl (C=O) groups excluding carboxylic acids is 1. The third kappa shape index (κ3) is 8.24. The molecule has 0 aliphatic carbocycles. The van der Waals surface area contributed by atoms with Crippen LogP contribution in [0.25, 0.3) is 0 Å². The van der Waals surface area contributed by atoms with Gasteiger partial charge in [0.2, 0.25) is 0 Å². The van der Waals surface area contributed by atoms with Crippen LogP contribution in [-0.4, -0.2) is 74.0 Å². The van der Waals surface area contributed by atoms with Crippen molar-refractivity contribution < 1.29 is 19.0 Å². The molecule has 208 valence electrons. The Morgan fingerprint density at radius 1 is 1.08 bits per heavy atom. The second kappa shape index (κ2) is 13.2. The normalized spacial score (nSPS) is 17.8. The Bertz CT molecular complexity index is 1130. The molecule has 1 N–H and O–H groups in total. The number of fused-ring (bicyclic) bond motifs is 2. The first-order valence-electron chi connectivity index (χ1n) is 12.9. The van der Waals surface area contributed by atoms with Gasteiger partial charge in [0.25, 0.3) is 0 Å². The third-order valence-electron chi connectivity index (χ3n) is 6.33. The zero-order valence-electron chi connectivity index (χ0n) is 22.5. The number of ether oxygens (including phenoxy) is 3. The monoisotopic (exact) mass is 581 g/mol. The molecule has 0 radical (unpaired) electrons. The Hall–Kier alpha value is -1.52. The van der Waals surface area contributed by atoms with Gasteiger partial charge in [-0.1, -0.05) is 35.3 Å². The Balaban J connectivity index is 1.18. The molecule has 1 unspecified atom stereocenters. The zero-order chi connectivity index (χ0) is 27.3. The molecule has 0 spiro atoms. The number of nitrogens with one attached hydrogen (secondary N) is 1. The summed E-state index contributed by atoms with van der Waals surface area (Å²) in [5.41, 5.74) is 4.53. The molecule has 1 amide bonds. The lowest BCUT2D eigenvalue weighted by Crippen LogP contribution is -2.34. The second-order valence-corrected chi connectivity index (χ2v) is 12.7. The van der Waals surface area contributed by atoms with Crippen LogP contribution >= 0.6 is 35.1 Å². The molecule has 2 aromatic rings. The van der Waals surface area contributed by atoms with Gasteiger partial charge >= 0.3 is 6.09 Å². The van der Waals surface area contributed by atoms with Gasteiger partial charge in [-0.25, -0.2) is 9.10 Å². The molecule has 2 aliphatic rings. The third-order valence-corrected chi connectivity index (χ3v) is 8.03. The molecule has 0 fully saturated rings. The van der Waals surface area contributed by atoms with E-state index < -0.39 is 11.7 Å². The Morgan fingerprint density at radius 2 is 1.84 bits per heavy atom. The van der Waals surface area contributed by atoms with Gasteiger partial charge in [-0.05, 0) is 80.2 Å². The Kier molecular flexibility index (Phi) is 10.3. The van der Waals surface area contributed by atoms with E-state index in [0.717, 1.165) is 31.2 Å². The summed E-state index contributed by atoms with van der Waals surface area (Å²) in [7, 11) is 2.14. The molecular formula is C28H37Cl2N3O4S. The van der Waals surface area contributed by atoms with Crippen LogP contribution < -0.4 is 5.32 Å². The fourth-order valence-corrected chi connectivity index (χ4v) is 6.30. The van der Waals surface area contributed by atoms with E-state index in [1.807, 2.05) is 26.8 Å². The highest BCUT2D eigenvalue weighted by molar-refractivity contribution is 7.97. The van der Waals surface area contributed by atoms with Crippen molar-refractivity contribution in [1.29, 1.82) is 0 Å². The average molecular weight is 583 g/mol. The first kappa shape index (κ1) is 29.5. The number of nitrogens with zero attached hydrogens (tertiary/aromatic N) is 2. The van der Waals surface area contributed by atoms with Crippen molar-refractivity contribution in [3.63, 3.8) is 0 Å². The first-order chi connectivity index (χ1) is 18.1. The molecule has 2 aliphatic heterocycles. The largest absolute Gasteiger partial charge is 0.444 e. The van der Waals surface area contributed by atoms with Crippen LogP contribution in [0.3, 0.4) is 0 Å². The highest BCUT2D eigenvalue weighted by Gasteiger charge is 2.29. The molecule has 7 nitrogen and oxygen atoms in total. The van der Waals surface area contributed by atoms with E-state index >= 15 is 0 Å². The molecule has 0 saturated carbocycles. The van der Waals surface area contributed by atoms with Crippen molar-refractivity contribution in [1.82, 2.24) is 14.5 Å². The molecular weight excluding hydrogens is 545 g/mol. The number of rotatable bonds is 10. The molecule has 1 atom stereocenters. The molecule has 2 heterocycles. The number of carbonyl (C=O) groups is 1. The molecule has 0 aromatic heterocycles. The minimum absolute atomic E-state index is 0.238. The van der Waals surface area contributed by atoms with Crippen LogP contribution in [0.4, 0.5) is 4.79 Å². The lowest BCUT2D eigenvalue weighted by Gasteiger charge is -2.33. The van der Waals surface area contributed by atoms with Crippen molar-refractivity contribution >= 4 is 41.2 Å². The quantitative estimate of drug-likeness (QED) is 0.274. The van der Waals surface area contributed by atoms with Gasteiger partial charge in [0.1, 0.15) is 5.60 Å². The van der Waals surface area contributed by atoms with Gasteiger partial charge in [-0.3, -0.25) is 0 Å². The fraction of sp³-hybridized carbons (Fsp3) is 0.536. The summed E-state index contributed by atoms with van der Waals surface area (Å²) in [4.78, 5) is 15.2. The fourth-order valence-electron chi connectivity index (χ4n) is 4.65. The van der Waals surface area contributed by atoms with E-state index in [1.54, 1.807) is 11.9 Å². The van der Waals surface area contributed by atoms with Crippen molar-refractivity contribution in [3.8, 4) is 0 Å². The first-order valence-corrected chi connectivity index (χ1v) is 14.5. The molecule has 38 heavy (non-hydrogen) atoms. The van der Waals surface area contributed by atoms with Gasteiger partial charge in [0.05, 0.1) is 26.4 Å². The molecule has 0 bridgehead atoms. The Labute approximate surface area is 240 Å². The highest BCUT2D eigenvalue weighted by Crippen LogP contribution is 2.42. The number of hydrogen-bond donors (Lipinski definition) is 1. The van der Waals surface area contributed by atoms with E-state index in [-0.39, 0.29) is 5.92 Å². The number of hydrogen-bond acceptors (Lipinski definition) is 7. The lowest BCUT2D eigenvalue weighted by molar-refractivity contribution is 0.0383. The maximum absolute atomic E-state index is 11.6. The minimum Gasteiger partial charge on any atom is -0.444 e. The summed E-state index contributed by atoms with van der Waals surface area (Å²) in [5, 5.41) is 4.11. The van der Waals surface area contributed by atoms with Gasteiger partial charge in [0.15, 0.2) is 0 Å². The number of benzene rings is 2. The molecule has 0 saturated heterocycles. The van der Waals surface area contributed by atoms with Crippen LogP contribution in [0.15, 0.2) is 35.2 Å². The highest BCUT2D eigenvalue weighted by atomic mass is 35.5. The van der Waals surface area contributed by atoms with Gasteiger partial charge in [0, 0.05) is 53.6 Å². The SMILES string of the molecule is CN1Cc2c(Cl)cc(Cl)cc2C(c2ccc3c(c2)SN(CCOCCOCCNC(=O)OC(C)(C)C)C3)C1. The van der Waals surface area contributed by atoms with Crippen LogP contribution in [-0.2, 0) is 27.3 Å². The van der Waals surface area contributed by atoms with E-state index in [4.69, 9.17) is 37.4 Å². The maximum Gasteiger partial charge on any atom is 0.407 e. The van der Waals surface area contributed by atoms with E-state index in [1.165, 1.54) is 27.1 Å². The second-order valence-electron chi connectivity index (χ2n) is 10.7. The lowest BCUT2D eigenvalue weighted by atomic mass is 9.84. The van der Waals surface area contributed by atoms with Crippen molar-refractivity contribution in [2.45, 2.75) is 50.3 Å². The van der Waals surface area contributed by atoms with E-state index in [2.05, 4.69) is 45.8 Å². The molecule has 2 aromatic carbocycles. The van der Waals surface area contributed by atoms with Gasteiger partial charge in [-0.2, -0.15) is 0 Å². The molecule has 10 heteroatoms. The summed E-state index contributed by atoms with van der Waals surface area (Å²) < 4.78 is 18.8. The van der Waals surface area contributed by atoms with E-state index in [9.17, 15) is 4.79 Å². The van der Waals surface area contributed by atoms with Crippen molar-refractivity contribution in [2.24, 2.45) is 0 Å². The topological polar surface area (TPSA) is 63.3 Å². The van der Waals surface area contributed by atoms with Gasteiger partial charge in [-0.15, -0.1) is 0 Å². The number of likely N-dealkylation sites (N-methyl/N-ethyl adjacent to an activating group) is 1. The summed E-state index contributed by atoms with van der Waals surface area (Å²) >= 11 is 14.7. The molecule has 4 rings (SSSR count). The standard InChI is InChI=1S/C28H37Cl2N3O4S/c1-28(2,3)37-27(34)31-7-9-35-11-12-36-10-8-33-16-20-6-5-19(13-26(20)38-33)23-17-32(4)18-24-22(23)14-21(29)15-25(24)30/h5-6,13-15,23H,7-12,16-18H2,1-4H3,(H,31,34). The summed E-state index contributed by atoms with van der Waals surface area (Å²) in [5.74, 6) is 0.238. The minimum atomic E-state index is -0.502. The van der Waals surface area contributed by atoms with Crippen molar-refractivity contribution in [2.75, 3.05) is 53.1 Å².